The smallest absolute Gasteiger partial charge is 0.130 e. The van der Waals surface area contributed by atoms with Crippen LogP contribution in [0.3, 0.4) is 0 Å². The van der Waals surface area contributed by atoms with Crippen LogP contribution in [0.5, 0.6) is 0 Å². The van der Waals surface area contributed by atoms with Crippen molar-refractivity contribution < 1.29 is 51.0 Å². The number of rotatable bonds is 4. The summed E-state index contributed by atoms with van der Waals surface area (Å²) in [7, 11) is 6.74. The quantitative estimate of drug-likeness (QED) is 0.254. The second kappa shape index (κ2) is 24.2. The first kappa shape index (κ1) is 36.6. The zero-order valence-corrected chi connectivity index (χ0v) is 26.2. The van der Waals surface area contributed by atoms with Crippen molar-refractivity contribution in [2.45, 2.75) is 57.5 Å². The molecule has 0 spiro atoms. The minimum Gasteiger partial charge on any atom is -0.358 e. The predicted molar refractivity (Wildman–Crippen MR) is 141 cm³/mol. The van der Waals surface area contributed by atoms with Gasteiger partial charge < -0.3 is 25.7 Å². The van der Waals surface area contributed by atoms with Gasteiger partial charge in [-0.25, -0.2) is 0 Å². The molecule has 0 aliphatic carbocycles. The van der Waals surface area contributed by atoms with E-state index >= 15 is 0 Å². The van der Waals surface area contributed by atoms with Crippen LogP contribution >= 0.6 is 41.0 Å². The molecule has 0 saturated carbocycles. The maximum atomic E-state index is 5.91. The fourth-order valence-corrected chi connectivity index (χ4v) is 3.94. The second-order valence-corrected chi connectivity index (χ2v) is 6.56. The Labute approximate surface area is 227 Å². The van der Waals surface area contributed by atoms with Gasteiger partial charge in [-0.15, -0.1) is 12.6 Å². The van der Waals surface area contributed by atoms with E-state index in [-0.39, 0.29) is 64.6 Å². The summed E-state index contributed by atoms with van der Waals surface area (Å²) >= 11 is 4.43. The van der Waals surface area contributed by atoms with Gasteiger partial charge in [0, 0.05) is 61.1 Å². The Morgan fingerprint density at radius 2 is 1.23 bits per heavy atom. The molecule has 2 aromatic rings. The van der Waals surface area contributed by atoms with E-state index < -0.39 is 5.44 Å². The molecule has 1 fully saturated rings. The van der Waals surface area contributed by atoms with Crippen LogP contribution < -0.4 is 0 Å². The Hall–Kier alpha value is 1.02. The van der Waals surface area contributed by atoms with Gasteiger partial charge in [0.25, 0.3) is 0 Å². The number of ether oxygens (including phenoxy) is 1. The molecule has 3 rings (SSSR count). The normalized spacial score (nSPS) is 23.5. The van der Waals surface area contributed by atoms with Crippen molar-refractivity contribution in [3.63, 3.8) is 0 Å². The molecule has 0 amide bonds. The summed E-state index contributed by atoms with van der Waals surface area (Å²) in [5.74, 6) is 0. The first-order valence-electron chi connectivity index (χ1n) is 9.59. The van der Waals surface area contributed by atoms with Gasteiger partial charge in [-0.05, 0) is 5.56 Å². The Morgan fingerprint density at radius 3 is 1.58 bits per heavy atom. The number of benzene rings is 2. The predicted octanol–water partition coefficient (Wildman–Crippen LogP) is 6.53. The summed E-state index contributed by atoms with van der Waals surface area (Å²) in [5.41, 5.74) is 0.618. The summed E-state index contributed by atoms with van der Waals surface area (Å²) < 4.78 is 22.1. The van der Waals surface area contributed by atoms with Gasteiger partial charge >= 0.3 is 0 Å². The molecule has 1 heterocycles. The molecule has 8 atom stereocenters. The Kier molecular flexibility index (Phi) is 28.5. The van der Waals surface area contributed by atoms with E-state index in [9.17, 15) is 0 Å². The van der Waals surface area contributed by atoms with Crippen molar-refractivity contribution in [2.24, 2.45) is 0 Å². The molecular weight excluding hydrogens is 542 g/mol. The van der Waals surface area contributed by atoms with Crippen LogP contribution in [-0.4, -0.2) is 23.7 Å². The minimum absolute atomic E-state index is 0. The molecule has 0 bridgehead atoms. The van der Waals surface area contributed by atoms with Gasteiger partial charge in [0.2, 0.25) is 0 Å². The van der Waals surface area contributed by atoms with Gasteiger partial charge in [-0.2, -0.15) is 36.4 Å². The van der Waals surface area contributed by atoms with E-state index in [2.05, 4.69) is 47.1 Å². The molecule has 0 N–H and O–H groups in total. The monoisotopic (exact) mass is 579 g/mol. The van der Waals surface area contributed by atoms with Crippen LogP contribution in [0.2, 0.25) is 0 Å². The molecule has 4 nitrogen and oxygen atoms in total. The van der Waals surface area contributed by atoms with Crippen LogP contribution in [0.4, 0.5) is 0 Å². The first-order chi connectivity index (χ1) is 14.2. The third kappa shape index (κ3) is 12.9. The van der Waals surface area contributed by atoms with Crippen LogP contribution in [0.25, 0.3) is 0 Å². The maximum absolute atomic E-state index is 5.91. The summed E-state index contributed by atoms with van der Waals surface area (Å²) in [4.78, 5) is 0. The van der Waals surface area contributed by atoms with Crippen LogP contribution in [0.1, 0.15) is 39.4 Å². The van der Waals surface area contributed by atoms with Gasteiger partial charge in [0.05, 0.1) is 0 Å². The third-order valence-electron chi connectivity index (χ3n) is 3.72. The fourth-order valence-electron chi connectivity index (χ4n) is 2.53. The largest absolute Gasteiger partial charge is 0.358 e. The number of hydrogen-bond donors (Lipinski definition) is 1. The minimum atomic E-state index is -0.398. The standard InChI is InChI=1S/C11H17O4P3S.C6H5.2C2H6.CH3.Y/c16-13-8-7(6-4-2-1-3-5-6)12-11(19)10(15-18)9(8)14-17;1-2-4-6-5-3-1;2*1-2;;/h1-5,7-11,19H,16-18H2;1-5H;2*1-2H3;1H3;/q;-1;;;-1;/t7?,8-,9+,10-,11?;;;;;/m0...../s1. The first-order valence-corrected chi connectivity index (χ1v) is 11.5. The maximum Gasteiger partial charge on any atom is 0.130 e. The molecule has 9 heteroatoms. The van der Waals surface area contributed by atoms with E-state index in [4.69, 9.17) is 18.3 Å². The van der Waals surface area contributed by atoms with Crippen molar-refractivity contribution in [2.75, 3.05) is 0 Å². The number of hydrogen-bond acceptors (Lipinski definition) is 5. The van der Waals surface area contributed by atoms with E-state index in [1.54, 1.807) is 0 Å². The molecule has 1 saturated heterocycles. The Balaban J connectivity index is -0.000000553. The second-order valence-electron chi connectivity index (χ2n) is 5.24. The van der Waals surface area contributed by atoms with E-state index in [1.807, 2.05) is 88.4 Å². The molecule has 175 valence electrons. The number of thiol groups is 1. The SMILES string of the molecule is CC.CC.PO[C@H]1[C@H](OP)C(S)OC(c2ccccc2)[C@@H]1OP.[CH3-].[Y].[c-]1ccccc1. The average Bonchev–Trinajstić information content (AvgIpc) is 2.83. The van der Waals surface area contributed by atoms with Gasteiger partial charge in [-0.3, -0.25) is 0 Å². The van der Waals surface area contributed by atoms with Gasteiger partial charge in [0.15, 0.2) is 0 Å². The fraction of sp³-hybridized carbons (Fsp3) is 0.409. The van der Waals surface area contributed by atoms with E-state index in [0.717, 1.165) is 5.56 Å². The molecule has 31 heavy (non-hydrogen) atoms. The average molecular weight is 579 g/mol. The summed E-state index contributed by atoms with van der Waals surface area (Å²) in [6.07, 6.45) is -1.21. The van der Waals surface area contributed by atoms with Crippen molar-refractivity contribution >= 4 is 41.0 Å². The van der Waals surface area contributed by atoms with Crippen LogP contribution in [-0.2, 0) is 51.0 Å². The van der Waals surface area contributed by atoms with Gasteiger partial charge in [-0.1, -0.05) is 58.0 Å². The topological polar surface area (TPSA) is 36.9 Å². The molecule has 1 radical (unpaired) electrons. The van der Waals surface area contributed by atoms with Crippen LogP contribution in [0.15, 0.2) is 60.7 Å². The van der Waals surface area contributed by atoms with Crippen molar-refractivity contribution in [1.29, 1.82) is 0 Å². The van der Waals surface area contributed by atoms with Crippen molar-refractivity contribution in [3.8, 4) is 0 Å². The Morgan fingerprint density at radius 1 is 0.774 bits per heavy atom. The molecule has 2 aromatic carbocycles. The molecular formula is C22H37O4P3SY-2. The molecule has 1 aliphatic rings. The third-order valence-corrected chi connectivity index (χ3v) is 5.08. The van der Waals surface area contributed by atoms with Crippen molar-refractivity contribution in [1.82, 2.24) is 0 Å². The van der Waals surface area contributed by atoms with Crippen LogP contribution in [0, 0.1) is 13.5 Å². The summed E-state index contributed by atoms with van der Waals surface area (Å²) in [6, 6.07) is 22.4. The van der Waals surface area contributed by atoms with E-state index in [0.29, 0.717) is 0 Å². The van der Waals surface area contributed by atoms with Crippen molar-refractivity contribution in [3.05, 3.63) is 79.7 Å². The summed E-state index contributed by atoms with van der Waals surface area (Å²) in [6.45, 7) is 8.00. The molecule has 1 aliphatic heterocycles. The Bertz CT molecular complexity index is 575. The molecule has 0 aromatic heterocycles. The zero-order chi connectivity index (χ0) is 22.1. The van der Waals surface area contributed by atoms with E-state index in [1.165, 1.54) is 0 Å². The summed E-state index contributed by atoms with van der Waals surface area (Å²) in [5, 5.41) is 0. The molecule has 5 unspecified atom stereocenters. The van der Waals surface area contributed by atoms with Gasteiger partial charge in [0.1, 0.15) is 29.9 Å². The zero-order valence-electron chi connectivity index (χ0n) is 19.0.